The SMILES string of the molecule is O=C(CN1C(=O)NC2(CCCC2)C1=O)NC1CCC(C(=O)O)CC1. The Kier molecular flexibility index (Phi) is 4.47. The van der Waals surface area contributed by atoms with Crippen molar-refractivity contribution in [3.8, 4) is 0 Å². The molecule has 3 N–H and O–H groups in total. The van der Waals surface area contributed by atoms with Crippen molar-refractivity contribution >= 4 is 23.8 Å². The number of aliphatic carboxylic acids is 1. The minimum atomic E-state index is -0.795. The van der Waals surface area contributed by atoms with E-state index in [1.54, 1.807) is 0 Å². The van der Waals surface area contributed by atoms with E-state index in [-0.39, 0.29) is 30.3 Å². The van der Waals surface area contributed by atoms with Crippen molar-refractivity contribution in [1.82, 2.24) is 15.5 Å². The van der Waals surface area contributed by atoms with Crippen molar-refractivity contribution < 1.29 is 24.3 Å². The van der Waals surface area contributed by atoms with Crippen molar-refractivity contribution in [2.75, 3.05) is 6.54 Å². The summed E-state index contributed by atoms with van der Waals surface area (Å²) in [5.41, 5.74) is -0.795. The van der Waals surface area contributed by atoms with Gasteiger partial charge in [-0.3, -0.25) is 19.3 Å². The van der Waals surface area contributed by atoms with Gasteiger partial charge in [0.1, 0.15) is 12.1 Å². The lowest BCUT2D eigenvalue weighted by Gasteiger charge is -2.27. The molecule has 0 aromatic carbocycles. The van der Waals surface area contributed by atoms with E-state index in [9.17, 15) is 19.2 Å². The van der Waals surface area contributed by atoms with E-state index >= 15 is 0 Å². The van der Waals surface area contributed by atoms with Gasteiger partial charge in [-0.1, -0.05) is 12.8 Å². The second-order valence-electron chi connectivity index (χ2n) is 7.06. The maximum atomic E-state index is 12.5. The van der Waals surface area contributed by atoms with Gasteiger partial charge in [0.25, 0.3) is 5.91 Å². The number of carbonyl (C=O) groups is 4. The Hall–Kier alpha value is -2.12. The van der Waals surface area contributed by atoms with Gasteiger partial charge in [0.15, 0.2) is 0 Å². The number of nitrogens with zero attached hydrogens (tertiary/aromatic N) is 1. The molecule has 24 heavy (non-hydrogen) atoms. The molecule has 1 saturated heterocycles. The molecule has 0 bridgehead atoms. The predicted octanol–water partition coefficient (Wildman–Crippen LogP) is 0.611. The summed E-state index contributed by atoms with van der Waals surface area (Å²) in [5.74, 6) is -1.80. The molecule has 3 aliphatic rings. The lowest BCUT2D eigenvalue weighted by molar-refractivity contribution is -0.143. The smallest absolute Gasteiger partial charge is 0.325 e. The van der Waals surface area contributed by atoms with E-state index in [1.807, 2.05) is 0 Å². The van der Waals surface area contributed by atoms with Gasteiger partial charge in [0.05, 0.1) is 5.92 Å². The zero-order valence-electron chi connectivity index (χ0n) is 13.5. The Morgan fingerprint density at radius 3 is 2.38 bits per heavy atom. The highest BCUT2D eigenvalue weighted by atomic mass is 16.4. The lowest BCUT2D eigenvalue weighted by atomic mass is 9.86. The van der Waals surface area contributed by atoms with Gasteiger partial charge in [-0.25, -0.2) is 4.79 Å². The molecule has 8 heteroatoms. The standard InChI is InChI=1S/C16H23N3O5/c20-12(17-11-5-3-10(4-6-11)13(21)22)9-19-14(23)16(18-15(19)24)7-1-2-8-16/h10-11H,1-9H2,(H,17,20)(H,18,24)(H,21,22). The Labute approximate surface area is 139 Å². The first-order valence-corrected chi connectivity index (χ1v) is 8.57. The van der Waals surface area contributed by atoms with Crippen molar-refractivity contribution in [2.45, 2.75) is 62.9 Å². The lowest BCUT2D eigenvalue weighted by Crippen LogP contribution is -2.47. The van der Waals surface area contributed by atoms with Crippen LogP contribution in [0.15, 0.2) is 0 Å². The fraction of sp³-hybridized carbons (Fsp3) is 0.750. The summed E-state index contributed by atoms with van der Waals surface area (Å²) < 4.78 is 0. The van der Waals surface area contributed by atoms with Gasteiger partial charge in [0.2, 0.25) is 5.91 Å². The van der Waals surface area contributed by atoms with Gasteiger partial charge < -0.3 is 15.7 Å². The van der Waals surface area contributed by atoms with Gasteiger partial charge in [-0.15, -0.1) is 0 Å². The number of carbonyl (C=O) groups excluding carboxylic acids is 3. The molecule has 0 aromatic rings. The van der Waals surface area contributed by atoms with Crippen LogP contribution >= 0.6 is 0 Å². The minimum Gasteiger partial charge on any atom is -0.481 e. The van der Waals surface area contributed by atoms with E-state index < -0.39 is 17.5 Å². The largest absolute Gasteiger partial charge is 0.481 e. The highest BCUT2D eigenvalue weighted by Gasteiger charge is 2.52. The zero-order valence-corrected chi connectivity index (χ0v) is 13.5. The van der Waals surface area contributed by atoms with E-state index in [4.69, 9.17) is 5.11 Å². The fourth-order valence-corrected chi connectivity index (χ4v) is 4.04. The molecule has 8 nitrogen and oxygen atoms in total. The average molecular weight is 337 g/mol. The summed E-state index contributed by atoms with van der Waals surface area (Å²) in [6.45, 7) is -0.273. The third-order valence-corrected chi connectivity index (χ3v) is 5.45. The summed E-state index contributed by atoms with van der Waals surface area (Å²) >= 11 is 0. The third-order valence-electron chi connectivity index (χ3n) is 5.45. The van der Waals surface area contributed by atoms with Crippen LogP contribution < -0.4 is 10.6 Å². The number of amides is 4. The average Bonchev–Trinajstić information content (AvgIpc) is 3.09. The summed E-state index contributed by atoms with van der Waals surface area (Å²) in [6, 6.07) is -0.582. The van der Waals surface area contributed by atoms with Crippen molar-refractivity contribution in [1.29, 1.82) is 0 Å². The van der Waals surface area contributed by atoms with Crippen LogP contribution in [0.1, 0.15) is 51.4 Å². The fourth-order valence-electron chi connectivity index (χ4n) is 4.04. The van der Waals surface area contributed by atoms with Crippen LogP contribution in [0.25, 0.3) is 0 Å². The maximum Gasteiger partial charge on any atom is 0.325 e. The van der Waals surface area contributed by atoms with Gasteiger partial charge in [-0.05, 0) is 38.5 Å². The molecule has 132 valence electrons. The van der Waals surface area contributed by atoms with Crippen LogP contribution in [0, 0.1) is 5.92 Å². The second-order valence-corrected chi connectivity index (χ2v) is 7.06. The number of carboxylic acid groups (broad SMARTS) is 1. The number of carboxylic acids is 1. The Balaban J connectivity index is 1.51. The maximum absolute atomic E-state index is 12.5. The first-order valence-electron chi connectivity index (χ1n) is 8.57. The van der Waals surface area contributed by atoms with E-state index in [0.717, 1.165) is 17.7 Å². The molecule has 4 amide bonds. The second kappa shape index (κ2) is 6.41. The van der Waals surface area contributed by atoms with Crippen LogP contribution in [0.3, 0.4) is 0 Å². The summed E-state index contributed by atoms with van der Waals surface area (Å²) in [7, 11) is 0. The molecule has 1 aliphatic heterocycles. The van der Waals surface area contributed by atoms with Gasteiger partial charge in [0, 0.05) is 6.04 Å². The molecule has 0 radical (unpaired) electrons. The number of imide groups is 1. The molecular weight excluding hydrogens is 314 g/mol. The Morgan fingerprint density at radius 1 is 1.17 bits per heavy atom. The van der Waals surface area contributed by atoms with E-state index in [0.29, 0.717) is 38.5 Å². The molecule has 1 spiro atoms. The summed E-state index contributed by atoms with van der Waals surface area (Å²) in [4.78, 5) is 48.6. The topological polar surface area (TPSA) is 116 Å². The zero-order chi connectivity index (χ0) is 17.3. The Bertz CT molecular complexity index is 562. The van der Waals surface area contributed by atoms with Crippen molar-refractivity contribution in [3.63, 3.8) is 0 Å². The van der Waals surface area contributed by atoms with E-state index in [1.165, 1.54) is 0 Å². The van der Waals surface area contributed by atoms with Crippen LogP contribution in [0.4, 0.5) is 4.79 Å². The monoisotopic (exact) mass is 337 g/mol. The summed E-state index contributed by atoms with van der Waals surface area (Å²) in [5, 5.41) is 14.5. The van der Waals surface area contributed by atoms with Crippen LogP contribution in [0.2, 0.25) is 0 Å². The number of hydrogen-bond acceptors (Lipinski definition) is 4. The normalized spacial score (nSPS) is 28.9. The predicted molar refractivity (Wildman–Crippen MR) is 83.0 cm³/mol. The van der Waals surface area contributed by atoms with Crippen LogP contribution in [-0.4, -0.2) is 51.9 Å². The van der Waals surface area contributed by atoms with Crippen LogP contribution in [-0.2, 0) is 14.4 Å². The van der Waals surface area contributed by atoms with Gasteiger partial charge in [-0.2, -0.15) is 0 Å². The quantitative estimate of drug-likeness (QED) is 0.650. The molecule has 3 fully saturated rings. The number of urea groups is 1. The van der Waals surface area contributed by atoms with Crippen molar-refractivity contribution in [2.24, 2.45) is 5.92 Å². The van der Waals surface area contributed by atoms with Crippen molar-refractivity contribution in [3.05, 3.63) is 0 Å². The van der Waals surface area contributed by atoms with Crippen LogP contribution in [0.5, 0.6) is 0 Å². The molecule has 0 aromatic heterocycles. The minimum absolute atomic E-state index is 0.0886. The molecule has 0 atom stereocenters. The molecule has 0 unspecified atom stereocenters. The molecular formula is C16H23N3O5. The number of rotatable bonds is 4. The highest BCUT2D eigenvalue weighted by molar-refractivity contribution is 6.09. The summed E-state index contributed by atoms with van der Waals surface area (Å²) in [6.07, 6.45) is 5.35. The highest BCUT2D eigenvalue weighted by Crippen LogP contribution is 2.34. The first-order chi connectivity index (χ1) is 11.4. The third kappa shape index (κ3) is 3.09. The molecule has 3 rings (SSSR count). The molecule has 2 saturated carbocycles. The number of nitrogens with one attached hydrogen (secondary N) is 2. The molecule has 2 aliphatic carbocycles. The molecule has 1 heterocycles. The van der Waals surface area contributed by atoms with Gasteiger partial charge >= 0.3 is 12.0 Å². The first kappa shape index (κ1) is 16.7. The van der Waals surface area contributed by atoms with E-state index in [2.05, 4.69) is 10.6 Å². The number of hydrogen-bond donors (Lipinski definition) is 3. The Morgan fingerprint density at radius 2 is 1.79 bits per heavy atom.